The monoisotopic (exact) mass is 541 g/mol. The summed E-state index contributed by atoms with van der Waals surface area (Å²) in [5.74, 6) is -2.51. The van der Waals surface area contributed by atoms with Gasteiger partial charge in [0.1, 0.15) is 5.82 Å². The van der Waals surface area contributed by atoms with Gasteiger partial charge >= 0.3 is 5.97 Å². The minimum absolute atomic E-state index is 0.00117. The Hall–Kier alpha value is -3.46. The number of esters is 1. The fraction of sp³-hybridized carbons (Fsp3) is 0.429. The third-order valence-corrected chi connectivity index (χ3v) is 7.81. The van der Waals surface area contributed by atoms with Gasteiger partial charge < -0.3 is 14.5 Å². The van der Waals surface area contributed by atoms with Crippen LogP contribution in [-0.4, -0.2) is 61.4 Å². The third kappa shape index (κ3) is 4.75. The molecule has 0 N–H and O–H groups in total. The largest absolute Gasteiger partial charge is 0.466 e. The Bertz CT molecular complexity index is 1300. The Morgan fingerprint density at radius 1 is 1.03 bits per heavy atom. The molecule has 3 amide bonds. The molecule has 8 nitrogen and oxygen atoms in total. The molecule has 5 rings (SSSR count). The SMILES string of the molecule is CCOC(=O)C1CCCN(C(=O)C2CCCN(c3cccc4c3C(=O)N(c3ccc(F)c(Cl)c3)C4=O)C2)C1. The summed E-state index contributed by atoms with van der Waals surface area (Å²) < 4.78 is 18.9. The summed E-state index contributed by atoms with van der Waals surface area (Å²) >= 11 is 5.91. The van der Waals surface area contributed by atoms with Gasteiger partial charge in [0.05, 0.1) is 46.0 Å². The summed E-state index contributed by atoms with van der Waals surface area (Å²) in [6, 6.07) is 8.84. The van der Waals surface area contributed by atoms with Crippen molar-refractivity contribution in [1.29, 1.82) is 0 Å². The number of hydrogen-bond acceptors (Lipinski definition) is 6. The highest BCUT2D eigenvalue weighted by molar-refractivity contribution is 6.37. The number of piperidine rings is 2. The fourth-order valence-corrected chi connectivity index (χ4v) is 5.85. The van der Waals surface area contributed by atoms with Gasteiger partial charge in [-0.15, -0.1) is 0 Å². The molecule has 0 spiro atoms. The number of imide groups is 1. The van der Waals surface area contributed by atoms with Gasteiger partial charge in [-0.1, -0.05) is 17.7 Å². The van der Waals surface area contributed by atoms with Crippen molar-refractivity contribution >= 4 is 46.7 Å². The Balaban J connectivity index is 1.35. The number of fused-ring (bicyclic) bond motifs is 1. The second kappa shape index (κ2) is 10.7. The van der Waals surface area contributed by atoms with E-state index in [2.05, 4.69) is 0 Å². The zero-order chi connectivity index (χ0) is 27.0. The predicted octanol–water partition coefficient (Wildman–Crippen LogP) is 4.30. The number of halogens is 2. The van der Waals surface area contributed by atoms with Crippen LogP contribution in [0.2, 0.25) is 5.02 Å². The molecular weight excluding hydrogens is 513 g/mol. The average Bonchev–Trinajstić information content (AvgIpc) is 3.19. The minimum Gasteiger partial charge on any atom is -0.466 e. The summed E-state index contributed by atoms with van der Waals surface area (Å²) in [5, 5.41) is -0.181. The van der Waals surface area contributed by atoms with E-state index in [-0.39, 0.29) is 45.5 Å². The van der Waals surface area contributed by atoms with E-state index in [4.69, 9.17) is 16.3 Å². The highest BCUT2D eigenvalue weighted by Crippen LogP contribution is 2.37. The van der Waals surface area contributed by atoms with Gasteiger partial charge in [0.2, 0.25) is 5.91 Å². The number of carbonyl (C=O) groups excluding carboxylic acids is 4. The second-order valence-corrected chi connectivity index (χ2v) is 10.3. The number of hydrogen-bond donors (Lipinski definition) is 0. The maximum absolute atomic E-state index is 13.7. The van der Waals surface area contributed by atoms with Crippen molar-refractivity contribution in [3.8, 4) is 0 Å². The molecule has 2 aromatic rings. The maximum Gasteiger partial charge on any atom is 0.310 e. The molecule has 3 heterocycles. The lowest BCUT2D eigenvalue weighted by Crippen LogP contribution is -2.49. The molecule has 0 saturated carbocycles. The van der Waals surface area contributed by atoms with Crippen LogP contribution in [0.25, 0.3) is 0 Å². The van der Waals surface area contributed by atoms with Crippen molar-refractivity contribution < 1.29 is 28.3 Å². The maximum atomic E-state index is 13.7. The highest BCUT2D eigenvalue weighted by atomic mass is 35.5. The molecule has 200 valence electrons. The zero-order valence-corrected chi connectivity index (χ0v) is 21.9. The molecule has 3 aliphatic rings. The van der Waals surface area contributed by atoms with Crippen molar-refractivity contribution in [1.82, 2.24) is 4.90 Å². The standard InChI is InChI=1S/C28H29ClFN3O5/c1-2-38-28(37)18-7-5-13-32(16-18)25(34)17-6-4-12-31(15-17)23-9-3-8-20-24(23)27(36)33(26(20)35)19-10-11-22(30)21(29)14-19/h3,8-11,14,17-18H,2,4-7,12-13,15-16H2,1H3. The smallest absolute Gasteiger partial charge is 0.310 e. The van der Waals surface area contributed by atoms with Gasteiger partial charge in [-0.3, -0.25) is 19.2 Å². The van der Waals surface area contributed by atoms with Crippen LogP contribution in [-0.2, 0) is 14.3 Å². The van der Waals surface area contributed by atoms with E-state index in [1.165, 1.54) is 12.1 Å². The van der Waals surface area contributed by atoms with E-state index in [0.29, 0.717) is 51.3 Å². The van der Waals surface area contributed by atoms with E-state index >= 15 is 0 Å². The Labute approximate surface area is 225 Å². The van der Waals surface area contributed by atoms with E-state index in [9.17, 15) is 23.6 Å². The molecule has 0 aliphatic carbocycles. The molecule has 2 atom stereocenters. The molecular formula is C28H29ClFN3O5. The topological polar surface area (TPSA) is 87.2 Å². The molecule has 10 heteroatoms. The summed E-state index contributed by atoms with van der Waals surface area (Å²) in [4.78, 5) is 57.2. The first kappa shape index (κ1) is 26.2. The first-order chi connectivity index (χ1) is 18.3. The fourth-order valence-electron chi connectivity index (χ4n) is 5.68. The number of anilines is 2. The van der Waals surface area contributed by atoms with Crippen molar-refractivity contribution in [2.75, 3.05) is 42.6 Å². The Kier molecular flexibility index (Phi) is 7.38. The highest BCUT2D eigenvalue weighted by Gasteiger charge is 2.41. The van der Waals surface area contributed by atoms with Crippen molar-refractivity contribution in [2.24, 2.45) is 11.8 Å². The van der Waals surface area contributed by atoms with Gasteiger partial charge in [-0.25, -0.2) is 9.29 Å². The van der Waals surface area contributed by atoms with Gasteiger partial charge in [0.15, 0.2) is 0 Å². The Morgan fingerprint density at radius 2 is 1.79 bits per heavy atom. The molecule has 0 radical (unpaired) electrons. The van der Waals surface area contributed by atoms with Crippen molar-refractivity contribution in [3.63, 3.8) is 0 Å². The summed E-state index contributed by atoms with van der Waals surface area (Å²) in [6.45, 7) is 4.09. The number of benzene rings is 2. The molecule has 3 aliphatic heterocycles. The molecule has 0 bridgehead atoms. The summed E-state index contributed by atoms with van der Waals surface area (Å²) in [5.41, 5.74) is 1.32. The van der Waals surface area contributed by atoms with Gasteiger partial charge in [-0.05, 0) is 62.9 Å². The number of carbonyl (C=O) groups is 4. The van der Waals surface area contributed by atoms with E-state index in [0.717, 1.165) is 23.8 Å². The van der Waals surface area contributed by atoms with Crippen LogP contribution in [0.3, 0.4) is 0 Å². The predicted molar refractivity (Wildman–Crippen MR) is 140 cm³/mol. The van der Waals surface area contributed by atoms with Crippen LogP contribution >= 0.6 is 11.6 Å². The number of rotatable bonds is 5. The summed E-state index contributed by atoms with van der Waals surface area (Å²) in [6.07, 6.45) is 2.91. The van der Waals surface area contributed by atoms with Crippen molar-refractivity contribution in [3.05, 3.63) is 58.4 Å². The van der Waals surface area contributed by atoms with Gasteiger partial charge in [-0.2, -0.15) is 0 Å². The molecule has 2 fully saturated rings. The minimum atomic E-state index is -0.640. The lowest BCUT2D eigenvalue weighted by atomic mass is 9.92. The second-order valence-electron chi connectivity index (χ2n) is 9.90. The molecule has 38 heavy (non-hydrogen) atoms. The van der Waals surface area contributed by atoms with E-state index in [1.54, 1.807) is 30.0 Å². The number of likely N-dealkylation sites (tertiary alicyclic amines) is 1. The van der Waals surface area contributed by atoms with E-state index < -0.39 is 17.6 Å². The van der Waals surface area contributed by atoms with Crippen LogP contribution in [0.5, 0.6) is 0 Å². The van der Waals surface area contributed by atoms with Crippen LogP contribution in [0.1, 0.15) is 53.3 Å². The van der Waals surface area contributed by atoms with Crippen LogP contribution in [0, 0.1) is 17.7 Å². The molecule has 2 unspecified atom stereocenters. The first-order valence-electron chi connectivity index (χ1n) is 13.0. The normalized spacial score (nSPS) is 21.5. The van der Waals surface area contributed by atoms with Crippen LogP contribution in [0.15, 0.2) is 36.4 Å². The van der Waals surface area contributed by atoms with Gasteiger partial charge in [0, 0.05) is 26.2 Å². The zero-order valence-electron chi connectivity index (χ0n) is 21.1. The van der Waals surface area contributed by atoms with Crippen LogP contribution < -0.4 is 9.80 Å². The first-order valence-corrected chi connectivity index (χ1v) is 13.3. The number of ether oxygens (including phenoxy) is 1. The Morgan fingerprint density at radius 3 is 2.55 bits per heavy atom. The molecule has 2 aromatic carbocycles. The summed E-state index contributed by atoms with van der Waals surface area (Å²) in [7, 11) is 0. The number of amides is 3. The number of nitrogens with zero attached hydrogens (tertiary/aromatic N) is 3. The lowest BCUT2D eigenvalue weighted by molar-refractivity contribution is -0.152. The van der Waals surface area contributed by atoms with Crippen LogP contribution in [0.4, 0.5) is 15.8 Å². The molecule has 0 aromatic heterocycles. The van der Waals surface area contributed by atoms with E-state index in [1.807, 2.05) is 4.90 Å². The molecule has 2 saturated heterocycles. The average molecular weight is 542 g/mol. The van der Waals surface area contributed by atoms with Gasteiger partial charge in [0.25, 0.3) is 11.8 Å². The third-order valence-electron chi connectivity index (χ3n) is 7.52. The quantitative estimate of drug-likeness (QED) is 0.414. The van der Waals surface area contributed by atoms with Crippen molar-refractivity contribution in [2.45, 2.75) is 32.6 Å². The lowest BCUT2D eigenvalue weighted by Gasteiger charge is -2.39.